The van der Waals surface area contributed by atoms with Crippen molar-refractivity contribution in [3.8, 4) is 0 Å². The van der Waals surface area contributed by atoms with Gasteiger partial charge in [0, 0.05) is 32.5 Å². The number of carbonyl (C=O) groups excluding carboxylic acids is 1. The van der Waals surface area contributed by atoms with E-state index in [0.717, 1.165) is 6.42 Å². The third-order valence-corrected chi connectivity index (χ3v) is 5.57. The molecule has 0 aliphatic carbocycles. The van der Waals surface area contributed by atoms with Gasteiger partial charge < -0.3 is 10.1 Å². The summed E-state index contributed by atoms with van der Waals surface area (Å²) in [7, 11) is 0. The van der Waals surface area contributed by atoms with Crippen LogP contribution in [-0.4, -0.2) is 50.8 Å². The second kappa shape index (κ2) is 9.82. The van der Waals surface area contributed by atoms with Gasteiger partial charge in [-0.15, -0.1) is 6.58 Å². The SMILES string of the molecule is C=CCN1C(=O)C(=Cc2c(NCCCOCC)nc3ccccn3c2=O)SC1=S. The molecule has 1 amide bonds. The molecule has 0 radical (unpaired) electrons. The molecule has 9 heteroatoms. The number of aromatic nitrogens is 2. The van der Waals surface area contributed by atoms with Gasteiger partial charge >= 0.3 is 0 Å². The van der Waals surface area contributed by atoms with Crippen LogP contribution in [0.5, 0.6) is 0 Å². The van der Waals surface area contributed by atoms with Crippen LogP contribution in [0.1, 0.15) is 18.9 Å². The van der Waals surface area contributed by atoms with Gasteiger partial charge in [0.15, 0.2) is 0 Å². The summed E-state index contributed by atoms with van der Waals surface area (Å²) < 4.78 is 7.26. The Labute approximate surface area is 178 Å². The van der Waals surface area contributed by atoms with Crippen LogP contribution in [0, 0.1) is 0 Å². The van der Waals surface area contributed by atoms with Crippen LogP contribution in [0.4, 0.5) is 5.82 Å². The summed E-state index contributed by atoms with van der Waals surface area (Å²) in [5.41, 5.74) is 0.599. The minimum atomic E-state index is -0.253. The summed E-state index contributed by atoms with van der Waals surface area (Å²) in [5, 5.41) is 3.21. The summed E-state index contributed by atoms with van der Waals surface area (Å²) in [6.07, 6.45) is 5.61. The van der Waals surface area contributed by atoms with Crippen molar-refractivity contribution in [2.75, 3.05) is 31.6 Å². The van der Waals surface area contributed by atoms with Gasteiger partial charge in [0.1, 0.15) is 15.8 Å². The largest absolute Gasteiger partial charge is 0.382 e. The number of carbonyl (C=O) groups is 1. The van der Waals surface area contributed by atoms with Crippen LogP contribution in [-0.2, 0) is 9.53 Å². The Morgan fingerprint density at radius 2 is 2.21 bits per heavy atom. The lowest BCUT2D eigenvalue weighted by atomic mass is 10.2. The van der Waals surface area contributed by atoms with Crippen LogP contribution in [0.2, 0.25) is 0 Å². The van der Waals surface area contributed by atoms with E-state index >= 15 is 0 Å². The molecule has 1 aliphatic rings. The van der Waals surface area contributed by atoms with E-state index in [2.05, 4.69) is 16.9 Å². The molecule has 1 fully saturated rings. The van der Waals surface area contributed by atoms with Crippen LogP contribution in [0.15, 0.2) is 46.8 Å². The highest BCUT2D eigenvalue weighted by Gasteiger charge is 2.31. The van der Waals surface area contributed by atoms with Crippen molar-refractivity contribution in [2.24, 2.45) is 0 Å². The Balaban J connectivity index is 1.98. The molecule has 0 bridgehead atoms. The molecule has 3 heterocycles. The van der Waals surface area contributed by atoms with Crippen molar-refractivity contribution in [3.05, 3.63) is 57.9 Å². The molecule has 2 aromatic heterocycles. The molecule has 1 aliphatic heterocycles. The molecule has 0 spiro atoms. The fourth-order valence-electron chi connectivity index (χ4n) is 2.81. The van der Waals surface area contributed by atoms with Gasteiger partial charge in [-0.05, 0) is 31.6 Å². The third-order valence-electron chi connectivity index (χ3n) is 4.19. The lowest BCUT2D eigenvalue weighted by Gasteiger charge is -2.11. The van der Waals surface area contributed by atoms with Gasteiger partial charge in [0.05, 0.1) is 10.5 Å². The van der Waals surface area contributed by atoms with E-state index in [9.17, 15) is 9.59 Å². The van der Waals surface area contributed by atoms with Gasteiger partial charge in [0.25, 0.3) is 11.5 Å². The zero-order valence-corrected chi connectivity index (χ0v) is 17.7. The fraction of sp³-hybridized carbons (Fsp3) is 0.300. The maximum atomic E-state index is 13.1. The zero-order chi connectivity index (χ0) is 20.8. The van der Waals surface area contributed by atoms with Crippen molar-refractivity contribution in [2.45, 2.75) is 13.3 Å². The number of hydrogen-bond acceptors (Lipinski definition) is 7. The van der Waals surface area contributed by atoms with E-state index < -0.39 is 0 Å². The molecule has 0 saturated carbocycles. The van der Waals surface area contributed by atoms with Crippen molar-refractivity contribution in [1.82, 2.24) is 14.3 Å². The number of nitrogens with zero attached hydrogens (tertiary/aromatic N) is 3. The topological polar surface area (TPSA) is 75.9 Å². The number of amides is 1. The van der Waals surface area contributed by atoms with E-state index in [1.165, 1.54) is 21.1 Å². The maximum Gasteiger partial charge on any atom is 0.267 e. The summed E-state index contributed by atoms with van der Waals surface area (Å²) in [4.78, 5) is 32.2. The Hall–Kier alpha value is -2.49. The molecular formula is C20H22N4O3S2. The van der Waals surface area contributed by atoms with Crippen LogP contribution in [0.25, 0.3) is 11.7 Å². The molecule has 0 aromatic carbocycles. The highest BCUT2D eigenvalue weighted by molar-refractivity contribution is 8.26. The van der Waals surface area contributed by atoms with Gasteiger partial charge in [-0.2, -0.15) is 0 Å². The van der Waals surface area contributed by atoms with Gasteiger partial charge in [-0.3, -0.25) is 18.9 Å². The maximum absolute atomic E-state index is 13.1. The number of thiocarbonyl (C=S) groups is 1. The fourth-order valence-corrected chi connectivity index (χ4v) is 4.07. The first-order valence-corrected chi connectivity index (χ1v) is 10.5. The number of ether oxygens (including phenoxy) is 1. The Morgan fingerprint density at radius 3 is 2.97 bits per heavy atom. The Morgan fingerprint density at radius 1 is 1.38 bits per heavy atom. The monoisotopic (exact) mass is 430 g/mol. The lowest BCUT2D eigenvalue weighted by Crippen LogP contribution is -2.28. The molecule has 0 atom stereocenters. The second-order valence-corrected chi connectivity index (χ2v) is 7.84. The molecule has 2 aromatic rings. The number of fused-ring (bicyclic) bond motifs is 1. The number of anilines is 1. The molecule has 1 saturated heterocycles. The van der Waals surface area contributed by atoms with Crippen LogP contribution < -0.4 is 10.9 Å². The first-order chi connectivity index (χ1) is 14.1. The highest BCUT2D eigenvalue weighted by Crippen LogP contribution is 2.32. The number of pyridine rings is 1. The van der Waals surface area contributed by atoms with E-state index in [0.29, 0.717) is 52.6 Å². The number of hydrogen-bond donors (Lipinski definition) is 1. The van der Waals surface area contributed by atoms with Crippen LogP contribution in [0.3, 0.4) is 0 Å². The first kappa shape index (κ1) is 21.2. The molecule has 7 nitrogen and oxygen atoms in total. The predicted molar refractivity (Wildman–Crippen MR) is 121 cm³/mol. The summed E-state index contributed by atoms with van der Waals surface area (Å²) in [6.45, 7) is 7.80. The van der Waals surface area contributed by atoms with Gasteiger partial charge in [0.2, 0.25) is 0 Å². The quantitative estimate of drug-likeness (QED) is 0.284. The molecule has 29 heavy (non-hydrogen) atoms. The van der Waals surface area contributed by atoms with Crippen LogP contribution >= 0.6 is 24.0 Å². The average molecular weight is 431 g/mol. The first-order valence-electron chi connectivity index (χ1n) is 9.26. The normalized spacial score (nSPS) is 15.5. The van der Waals surface area contributed by atoms with Crippen molar-refractivity contribution >= 4 is 51.7 Å². The van der Waals surface area contributed by atoms with E-state index in [4.69, 9.17) is 17.0 Å². The number of rotatable bonds is 9. The summed E-state index contributed by atoms with van der Waals surface area (Å²) >= 11 is 6.45. The van der Waals surface area contributed by atoms with E-state index in [1.807, 2.05) is 13.0 Å². The zero-order valence-electron chi connectivity index (χ0n) is 16.1. The molecule has 1 N–H and O–H groups in total. The average Bonchev–Trinajstić information content (AvgIpc) is 2.98. The van der Waals surface area contributed by atoms with Gasteiger partial charge in [-0.1, -0.05) is 36.1 Å². The number of thioether (sulfide) groups is 1. The molecule has 0 unspecified atom stereocenters. The van der Waals surface area contributed by atoms with Gasteiger partial charge in [-0.25, -0.2) is 4.98 Å². The standard InChI is InChI=1S/C20H22N4O3S2/c1-3-10-24-19(26)15(29-20(24)28)13-14-17(21-9-7-12-27-4-2)22-16-8-5-6-11-23(16)18(14)25/h3,5-6,8,11,13,21H,1,4,7,9-10,12H2,2H3. The smallest absolute Gasteiger partial charge is 0.267 e. The minimum Gasteiger partial charge on any atom is -0.382 e. The Bertz CT molecular complexity index is 1030. The predicted octanol–water partition coefficient (Wildman–Crippen LogP) is 2.92. The molecular weight excluding hydrogens is 408 g/mol. The van der Waals surface area contributed by atoms with Crippen molar-refractivity contribution < 1.29 is 9.53 Å². The Kier molecular flexibility index (Phi) is 7.18. The van der Waals surface area contributed by atoms with E-state index in [-0.39, 0.29) is 11.5 Å². The second-order valence-electron chi connectivity index (χ2n) is 6.17. The summed E-state index contributed by atoms with van der Waals surface area (Å²) in [5.74, 6) is 0.200. The van der Waals surface area contributed by atoms with Crippen molar-refractivity contribution in [3.63, 3.8) is 0 Å². The summed E-state index contributed by atoms with van der Waals surface area (Å²) in [6, 6.07) is 5.35. The molecule has 152 valence electrons. The van der Waals surface area contributed by atoms with Crippen molar-refractivity contribution in [1.29, 1.82) is 0 Å². The molecule has 3 rings (SSSR count). The van der Waals surface area contributed by atoms with E-state index in [1.54, 1.807) is 30.5 Å². The number of nitrogens with one attached hydrogen (secondary N) is 1. The third kappa shape index (κ3) is 4.75. The minimum absolute atomic E-state index is 0.236. The lowest BCUT2D eigenvalue weighted by molar-refractivity contribution is -0.121. The highest BCUT2D eigenvalue weighted by atomic mass is 32.2.